The summed E-state index contributed by atoms with van der Waals surface area (Å²) in [6.45, 7) is 5.64. The molecule has 0 radical (unpaired) electrons. The SMILES string of the molecule is CCCNC(=O)C(Cc1ccccc1)N(Cc1ccccc1)C(=O)CN(c1ccc(Cl)cc1C)S(=O)(=O)c1ccc(C)cc1. The first kappa shape index (κ1) is 32.8. The first-order chi connectivity index (χ1) is 21.1. The normalized spacial score (nSPS) is 11.9. The Balaban J connectivity index is 1.80. The van der Waals surface area contributed by atoms with Gasteiger partial charge in [-0.25, -0.2) is 8.42 Å². The van der Waals surface area contributed by atoms with Gasteiger partial charge in [-0.05, 0) is 67.3 Å². The Morgan fingerprint density at radius 2 is 1.45 bits per heavy atom. The molecule has 0 aromatic heterocycles. The van der Waals surface area contributed by atoms with E-state index in [9.17, 15) is 18.0 Å². The molecule has 4 aromatic rings. The minimum absolute atomic E-state index is 0.0568. The second-order valence-corrected chi connectivity index (χ2v) is 13.1. The maximum Gasteiger partial charge on any atom is 0.264 e. The Morgan fingerprint density at radius 3 is 2.05 bits per heavy atom. The number of nitrogens with one attached hydrogen (secondary N) is 1. The van der Waals surface area contributed by atoms with Gasteiger partial charge in [0.1, 0.15) is 12.6 Å². The third kappa shape index (κ3) is 8.27. The summed E-state index contributed by atoms with van der Waals surface area (Å²) in [6.07, 6.45) is 0.995. The summed E-state index contributed by atoms with van der Waals surface area (Å²) < 4.78 is 29.5. The maximum absolute atomic E-state index is 14.5. The lowest BCUT2D eigenvalue weighted by molar-refractivity contribution is -0.140. The highest BCUT2D eigenvalue weighted by molar-refractivity contribution is 7.92. The first-order valence-corrected chi connectivity index (χ1v) is 16.4. The number of amides is 2. The standard InChI is InChI=1S/C35H38ClN3O4S/c1-4-21-37-35(41)33(23-28-11-7-5-8-12-28)38(24-29-13-9-6-10-14-29)34(40)25-39(32-20-17-30(36)22-27(32)3)44(42,43)31-18-15-26(2)16-19-31/h5-20,22,33H,4,21,23-25H2,1-3H3,(H,37,41). The molecule has 230 valence electrons. The molecule has 2 amide bonds. The monoisotopic (exact) mass is 631 g/mol. The zero-order valence-electron chi connectivity index (χ0n) is 25.2. The van der Waals surface area contributed by atoms with Crippen molar-refractivity contribution < 1.29 is 18.0 Å². The molecule has 0 spiro atoms. The van der Waals surface area contributed by atoms with Crippen LogP contribution in [0.1, 0.15) is 35.6 Å². The molecule has 0 saturated carbocycles. The Kier molecular flexibility index (Phi) is 11.2. The molecule has 0 aliphatic rings. The molecule has 0 fully saturated rings. The van der Waals surface area contributed by atoms with E-state index < -0.39 is 28.5 Å². The largest absolute Gasteiger partial charge is 0.354 e. The number of rotatable bonds is 13. The van der Waals surface area contributed by atoms with Gasteiger partial charge >= 0.3 is 0 Å². The molecule has 1 N–H and O–H groups in total. The van der Waals surface area contributed by atoms with Gasteiger partial charge in [-0.15, -0.1) is 0 Å². The molecule has 0 heterocycles. The van der Waals surface area contributed by atoms with Gasteiger partial charge in [0.2, 0.25) is 11.8 Å². The summed E-state index contributed by atoms with van der Waals surface area (Å²) in [5.74, 6) is -0.804. The quantitative estimate of drug-likeness (QED) is 0.187. The first-order valence-electron chi connectivity index (χ1n) is 14.6. The van der Waals surface area contributed by atoms with Gasteiger partial charge in [0.25, 0.3) is 10.0 Å². The fourth-order valence-corrected chi connectivity index (χ4v) is 6.65. The number of hydrogen-bond donors (Lipinski definition) is 1. The van der Waals surface area contributed by atoms with Crippen molar-refractivity contribution in [3.8, 4) is 0 Å². The number of benzene rings is 4. The average molecular weight is 632 g/mol. The second kappa shape index (κ2) is 15.0. The zero-order chi connectivity index (χ0) is 31.7. The Labute approximate surface area is 265 Å². The van der Waals surface area contributed by atoms with Gasteiger partial charge in [-0.2, -0.15) is 0 Å². The van der Waals surface area contributed by atoms with Gasteiger partial charge in [0, 0.05) is 24.5 Å². The van der Waals surface area contributed by atoms with Crippen molar-refractivity contribution in [3.63, 3.8) is 0 Å². The second-order valence-electron chi connectivity index (χ2n) is 10.8. The van der Waals surface area contributed by atoms with Crippen LogP contribution in [0.25, 0.3) is 0 Å². The van der Waals surface area contributed by atoms with Crippen LogP contribution in [0.3, 0.4) is 0 Å². The van der Waals surface area contributed by atoms with E-state index in [4.69, 9.17) is 11.6 Å². The van der Waals surface area contributed by atoms with Crippen molar-refractivity contribution in [1.29, 1.82) is 0 Å². The molecule has 9 heteroatoms. The van der Waals surface area contributed by atoms with Crippen LogP contribution in [-0.2, 0) is 32.6 Å². The predicted octanol–water partition coefficient (Wildman–Crippen LogP) is 6.32. The molecule has 1 atom stereocenters. The molecule has 1 unspecified atom stereocenters. The van der Waals surface area contributed by atoms with Crippen LogP contribution in [0.4, 0.5) is 5.69 Å². The summed E-state index contributed by atoms with van der Waals surface area (Å²) in [7, 11) is -4.18. The lowest BCUT2D eigenvalue weighted by Crippen LogP contribution is -2.53. The number of sulfonamides is 1. The van der Waals surface area contributed by atoms with Crippen LogP contribution in [0.15, 0.2) is 108 Å². The number of halogens is 1. The van der Waals surface area contributed by atoms with Crippen LogP contribution < -0.4 is 9.62 Å². The van der Waals surface area contributed by atoms with E-state index in [1.807, 2.05) is 74.5 Å². The number of hydrogen-bond acceptors (Lipinski definition) is 4. The summed E-state index contributed by atoms with van der Waals surface area (Å²) in [5, 5.41) is 3.41. The summed E-state index contributed by atoms with van der Waals surface area (Å²) in [4.78, 5) is 29.7. The van der Waals surface area contributed by atoms with E-state index in [1.54, 1.807) is 37.3 Å². The van der Waals surface area contributed by atoms with Gasteiger partial charge in [0.05, 0.1) is 10.6 Å². The van der Waals surface area contributed by atoms with Crippen LogP contribution in [0.2, 0.25) is 5.02 Å². The van der Waals surface area contributed by atoms with Crippen molar-refractivity contribution in [3.05, 3.63) is 130 Å². The van der Waals surface area contributed by atoms with Gasteiger partial charge < -0.3 is 10.2 Å². The molecule has 0 bridgehead atoms. The Morgan fingerprint density at radius 1 is 0.841 bits per heavy atom. The molecular formula is C35H38ClN3O4S. The molecule has 0 aliphatic carbocycles. The fraction of sp³-hybridized carbons (Fsp3) is 0.257. The number of carbonyl (C=O) groups excluding carboxylic acids is 2. The van der Waals surface area contributed by atoms with Crippen molar-refractivity contribution in [2.24, 2.45) is 0 Å². The lowest BCUT2D eigenvalue weighted by Gasteiger charge is -2.34. The van der Waals surface area contributed by atoms with Crippen LogP contribution in [0, 0.1) is 13.8 Å². The summed E-state index contributed by atoms with van der Waals surface area (Å²) in [6, 6.07) is 29.4. The number of nitrogens with zero attached hydrogens (tertiary/aromatic N) is 2. The Bertz CT molecular complexity index is 1660. The van der Waals surface area contributed by atoms with Gasteiger partial charge in [-0.1, -0.05) is 96.9 Å². The van der Waals surface area contributed by atoms with Crippen molar-refractivity contribution >= 4 is 39.1 Å². The van der Waals surface area contributed by atoms with Crippen LogP contribution in [-0.4, -0.2) is 44.3 Å². The number of aryl methyl sites for hydroxylation is 2. The van der Waals surface area contributed by atoms with E-state index in [2.05, 4.69) is 5.32 Å². The highest BCUT2D eigenvalue weighted by Gasteiger charge is 2.35. The van der Waals surface area contributed by atoms with Crippen LogP contribution in [0.5, 0.6) is 0 Å². The van der Waals surface area contributed by atoms with E-state index in [0.29, 0.717) is 22.8 Å². The smallest absolute Gasteiger partial charge is 0.264 e. The lowest BCUT2D eigenvalue weighted by atomic mass is 10.0. The average Bonchev–Trinajstić information content (AvgIpc) is 3.01. The van der Waals surface area contributed by atoms with Gasteiger partial charge in [0.15, 0.2) is 0 Å². The minimum atomic E-state index is -4.18. The molecule has 4 rings (SSSR count). The molecule has 4 aromatic carbocycles. The molecule has 0 saturated heterocycles. The van der Waals surface area contributed by atoms with Crippen LogP contribution >= 0.6 is 11.6 Å². The summed E-state index contributed by atoms with van der Waals surface area (Å²) in [5.41, 5.74) is 3.53. The van der Waals surface area contributed by atoms with E-state index >= 15 is 0 Å². The number of anilines is 1. The minimum Gasteiger partial charge on any atom is -0.354 e. The zero-order valence-corrected chi connectivity index (χ0v) is 26.8. The molecule has 44 heavy (non-hydrogen) atoms. The van der Waals surface area contributed by atoms with Crippen molar-refractivity contribution in [1.82, 2.24) is 10.2 Å². The van der Waals surface area contributed by atoms with Gasteiger partial charge in [-0.3, -0.25) is 13.9 Å². The highest BCUT2D eigenvalue weighted by Crippen LogP contribution is 2.30. The highest BCUT2D eigenvalue weighted by atomic mass is 35.5. The van der Waals surface area contributed by atoms with Crippen molar-refractivity contribution in [2.75, 3.05) is 17.4 Å². The number of carbonyl (C=O) groups is 2. The van der Waals surface area contributed by atoms with Crippen molar-refractivity contribution in [2.45, 2.75) is 51.1 Å². The third-order valence-corrected chi connectivity index (χ3v) is 9.34. The third-order valence-electron chi connectivity index (χ3n) is 7.33. The fourth-order valence-electron chi connectivity index (χ4n) is 4.95. The topological polar surface area (TPSA) is 86.8 Å². The maximum atomic E-state index is 14.5. The van der Waals surface area contributed by atoms with E-state index in [0.717, 1.165) is 27.4 Å². The summed E-state index contributed by atoms with van der Waals surface area (Å²) >= 11 is 6.22. The molecular weight excluding hydrogens is 594 g/mol. The predicted molar refractivity (Wildman–Crippen MR) is 176 cm³/mol. The molecule has 7 nitrogen and oxygen atoms in total. The van der Waals surface area contributed by atoms with E-state index in [-0.39, 0.29) is 23.8 Å². The van der Waals surface area contributed by atoms with E-state index in [1.165, 1.54) is 17.0 Å². The molecule has 0 aliphatic heterocycles. The Hall–Kier alpha value is -4.14.